The molecule has 2 aromatic heterocycles. The highest BCUT2D eigenvalue weighted by molar-refractivity contribution is 6.33. The van der Waals surface area contributed by atoms with Crippen molar-refractivity contribution in [2.75, 3.05) is 0 Å². The molecule has 0 bridgehead atoms. The molecule has 0 aliphatic carbocycles. The van der Waals surface area contributed by atoms with E-state index >= 15 is 0 Å². The molecule has 0 saturated heterocycles. The minimum Gasteiger partial charge on any atom is -0.298 e. The highest BCUT2D eigenvalue weighted by atomic mass is 35.5. The molecule has 0 aliphatic rings. The Morgan fingerprint density at radius 3 is 2.70 bits per heavy atom. The third-order valence-electron chi connectivity index (χ3n) is 3.55. The summed E-state index contributed by atoms with van der Waals surface area (Å²) in [5.41, 5.74) is 3.01. The van der Waals surface area contributed by atoms with Crippen LogP contribution in [0.25, 0.3) is 27.7 Å². The van der Waals surface area contributed by atoms with E-state index in [1.807, 2.05) is 28.9 Å². The Kier molecular flexibility index (Phi) is 2.51. The lowest BCUT2D eigenvalue weighted by Crippen LogP contribution is -1.89. The van der Waals surface area contributed by atoms with Crippen LogP contribution < -0.4 is 0 Å². The van der Waals surface area contributed by atoms with Gasteiger partial charge in [0.25, 0.3) is 0 Å². The SMILES string of the molecule is Clc1cccn2c(-c3cccc4ccccc34)cnc12. The van der Waals surface area contributed by atoms with E-state index in [1.54, 1.807) is 0 Å². The first kappa shape index (κ1) is 11.5. The van der Waals surface area contributed by atoms with Crippen molar-refractivity contribution < 1.29 is 0 Å². The Balaban J connectivity index is 2.09. The van der Waals surface area contributed by atoms with Crippen molar-refractivity contribution in [1.82, 2.24) is 9.38 Å². The summed E-state index contributed by atoms with van der Waals surface area (Å²) < 4.78 is 2.03. The summed E-state index contributed by atoms with van der Waals surface area (Å²) in [5, 5.41) is 3.11. The lowest BCUT2D eigenvalue weighted by molar-refractivity contribution is 1.19. The van der Waals surface area contributed by atoms with Gasteiger partial charge in [-0.1, -0.05) is 54.1 Å². The van der Waals surface area contributed by atoms with Gasteiger partial charge in [-0.15, -0.1) is 0 Å². The van der Waals surface area contributed by atoms with E-state index in [2.05, 4.69) is 47.4 Å². The summed E-state index contributed by atoms with van der Waals surface area (Å²) in [6.45, 7) is 0. The van der Waals surface area contributed by atoms with Crippen LogP contribution in [-0.2, 0) is 0 Å². The fourth-order valence-electron chi connectivity index (χ4n) is 2.62. The predicted octanol–water partition coefficient (Wildman–Crippen LogP) is 4.81. The van der Waals surface area contributed by atoms with Crippen LogP contribution in [0.4, 0.5) is 0 Å². The van der Waals surface area contributed by atoms with Crippen LogP contribution in [-0.4, -0.2) is 9.38 Å². The largest absolute Gasteiger partial charge is 0.298 e. The number of nitrogens with zero attached hydrogens (tertiary/aromatic N) is 2. The monoisotopic (exact) mass is 278 g/mol. The zero-order valence-electron chi connectivity index (χ0n) is 10.6. The van der Waals surface area contributed by atoms with Gasteiger partial charge in [-0.05, 0) is 22.9 Å². The Labute approximate surface area is 121 Å². The van der Waals surface area contributed by atoms with Gasteiger partial charge in [0, 0.05) is 11.8 Å². The highest BCUT2D eigenvalue weighted by Crippen LogP contribution is 2.30. The number of imidazole rings is 1. The smallest absolute Gasteiger partial charge is 0.156 e. The number of fused-ring (bicyclic) bond motifs is 2. The topological polar surface area (TPSA) is 17.3 Å². The molecule has 0 aliphatic heterocycles. The van der Waals surface area contributed by atoms with Gasteiger partial charge in [0.15, 0.2) is 5.65 Å². The molecule has 0 unspecified atom stereocenters. The van der Waals surface area contributed by atoms with Gasteiger partial charge < -0.3 is 0 Å². The van der Waals surface area contributed by atoms with E-state index in [-0.39, 0.29) is 0 Å². The van der Waals surface area contributed by atoms with Crippen molar-refractivity contribution in [3.63, 3.8) is 0 Å². The maximum atomic E-state index is 6.19. The fraction of sp³-hybridized carbons (Fsp3) is 0. The lowest BCUT2D eigenvalue weighted by atomic mass is 10.0. The Morgan fingerprint density at radius 2 is 1.75 bits per heavy atom. The van der Waals surface area contributed by atoms with E-state index < -0.39 is 0 Å². The zero-order chi connectivity index (χ0) is 13.5. The van der Waals surface area contributed by atoms with Gasteiger partial charge in [0.2, 0.25) is 0 Å². The molecule has 0 saturated carbocycles. The molecule has 2 nitrogen and oxygen atoms in total. The maximum Gasteiger partial charge on any atom is 0.156 e. The quantitative estimate of drug-likeness (QED) is 0.488. The van der Waals surface area contributed by atoms with E-state index in [4.69, 9.17) is 11.6 Å². The summed E-state index contributed by atoms with van der Waals surface area (Å²) in [6, 6.07) is 18.5. The molecule has 0 spiro atoms. The second kappa shape index (κ2) is 4.36. The molecule has 2 aromatic carbocycles. The standard InChI is InChI=1S/C17H11ClN2/c18-15-9-4-10-20-16(11-19-17(15)20)14-8-3-6-12-5-1-2-7-13(12)14/h1-11H. The zero-order valence-corrected chi connectivity index (χ0v) is 11.4. The number of hydrogen-bond acceptors (Lipinski definition) is 1. The van der Waals surface area contributed by atoms with Gasteiger partial charge in [0.05, 0.1) is 16.9 Å². The maximum absolute atomic E-state index is 6.19. The van der Waals surface area contributed by atoms with Crippen molar-refractivity contribution in [3.05, 3.63) is 72.0 Å². The number of halogens is 1. The summed E-state index contributed by atoms with van der Waals surface area (Å²) >= 11 is 6.19. The van der Waals surface area contributed by atoms with Crippen molar-refractivity contribution in [2.24, 2.45) is 0 Å². The van der Waals surface area contributed by atoms with Crippen LogP contribution in [0, 0.1) is 0 Å². The first-order valence-corrected chi connectivity index (χ1v) is 6.82. The van der Waals surface area contributed by atoms with Crippen molar-refractivity contribution in [2.45, 2.75) is 0 Å². The molecular weight excluding hydrogens is 268 g/mol. The van der Waals surface area contributed by atoms with E-state index in [1.165, 1.54) is 10.8 Å². The van der Waals surface area contributed by atoms with Gasteiger partial charge in [-0.2, -0.15) is 0 Å². The third kappa shape index (κ3) is 1.62. The van der Waals surface area contributed by atoms with Crippen LogP contribution in [0.5, 0.6) is 0 Å². The average molecular weight is 279 g/mol. The summed E-state index contributed by atoms with van der Waals surface area (Å²) in [7, 11) is 0. The molecule has 96 valence electrons. The minimum atomic E-state index is 0.666. The molecule has 0 N–H and O–H groups in total. The van der Waals surface area contributed by atoms with E-state index in [9.17, 15) is 0 Å². The first-order valence-electron chi connectivity index (χ1n) is 6.44. The fourth-order valence-corrected chi connectivity index (χ4v) is 2.84. The van der Waals surface area contributed by atoms with Crippen LogP contribution in [0.1, 0.15) is 0 Å². The predicted molar refractivity (Wildman–Crippen MR) is 83.1 cm³/mol. The number of benzene rings is 2. The number of aromatic nitrogens is 2. The average Bonchev–Trinajstić information content (AvgIpc) is 2.92. The lowest BCUT2D eigenvalue weighted by Gasteiger charge is -2.06. The Morgan fingerprint density at radius 1 is 0.900 bits per heavy atom. The normalized spacial score (nSPS) is 11.2. The molecule has 0 radical (unpaired) electrons. The molecule has 4 aromatic rings. The highest BCUT2D eigenvalue weighted by Gasteiger charge is 2.10. The molecule has 20 heavy (non-hydrogen) atoms. The Hall–Kier alpha value is -2.32. The number of hydrogen-bond donors (Lipinski definition) is 0. The summed E-state index contributed by atoms with van der Waals surface area (Å²) in [6.07, 6.45) is 3.87. The van der Waals surface area contributed by atoms with Gasteiger partial charge in [-0.25, -0.2) is 4.98 Å². The molecule has 4 rings (SSSR count). The molecule has 2 heterocycles. The molecule has 0 amide bonds. The second-order valence-electron chi connectivity index (χ2n) is 4.72. The van der Waals surface area contributed by atoms with Gasteiger partial charge in [-0.3, -0.25) is 4.40 Å². The molecule has 3 heteroatoms. The van der Waals surface area contributed by atoms with Crippen molar-refractivity contribution in [3.8, 4) is 11.3 Å². The van der Waals surface area contributed by atoms with Crippen molar-refractivity contribution >= 4 is 28.0 Å². The van der Waals surface area contributed by atoms with Crippen LogP contribution in [0.2, 0.25) is 5.02 Å². The Bertz CT molecular complexity index is 919. The van der Waals surface area contributed by atoms with Crippen LogP contribution in [0.3, 0.4) is 0 Å². The number of rotatable bonds is 1. The van der Waals surface area contributed by atoms with Crippen LogP contribution in [0.15, 0.2) is 67.0 Å². The van der Waals surface area contributed by atoms with Gasteiger partial charge >= 0.3 is 0 Å². The number of pyridine rings is 1. The minimum absolute atomic E-state index is 0.666. The summed E-state index contributed by atoms with van der Waals surface area (Å²) in [5.74, 6) is 0. The molecular formula is C17H11ClN2. The molecule has 0 atom stereocenters. The first-order chi connectivity index (χ1) is 9.84. The van der Waals surface area contributed by atoms with E-state index in [0.29, 0.717) is 5.02 Å². The summed E-state index contributed by atoms with van der Waals surface area (Å²) in [4.78, 5) is 4.43. The van der Waals surface area contributed by atoms with Gasteiger partial charge in [0.1, 0.15) is 0 Å². The second-order valence-corrected chi connectivity index (χ2v) is 5.13. The van der Waals surface area contributed by atoms with Crippen molar-refractivity contribution in [1.29, 1.82) is 0 Å². The molecule has 0 fully saturated rings. The van der Waals surface area contributed by atoms with E-state index in [0.717, 1.165) is 16.9 Å². The third-order valence-corrected chi connectivity index (χ3v) is 3.85. The van der Waals surface area contributed by atoms with Crippen LogP contribution >= 0.6 is 11.6 Å².